The van der Waals surface area contributed by atoms with Crippen molar-refractivity contribution < 1.29 is 4.79 Å². The van der Waals surface area contributed by atoms with Crippen molar-refractivity contribution in [2.24, 2.45) is 0 Å². The fourth-order valence-corrected chi connectivity index (χ4v) is 3.39. The Morgan fingerprint density at radius 3 is 2.46 bits per heavy atom. The molecule has 0 N–H and O–H groups in total. The van der Waals surface area contributed by atoms with Crippen LogP contribution in [0, 0.1) is 13.8 Å². The molecule has 2 aromatic carbocycles. The molecule has 0 saturated heterocycles. The summed E-state index contributed by atoms with van der Waals surface area (Å²) in [6.45, 7) is 4.41. The van der Waals surface area contributed by atoms with Crippen molar-refractivity contribution in [2.45, 2.75) is 20.4 Å². The number of aryl methyl sites for hydroxylation is 1. The summed E-state index contributed by atoms with van der Waals surface area (Å²) in [6, 6.07) is 14.8. The van der Waals surface area contributed by atoms with Crippen LogP contribution < -0.4 is 0 Å². The van der Waals surface area contributed by atoms with Gasteiger partial charge in [-0.3, -0.25) is 4.79 Å². The molecular formula is C20H19Cl2N3O. The number of hydrogen-bond acceptors (Lipinski definition) is 2. The Balaban J connectivity index is 1.87. The Morgan fingerprint density at radius 1 is 1.12 bits per heavy atom. The second-order valence-corrected chi connectivity index (χ2v) is 7.03. The molecule has 0 radical (unpaired) electrons. The maximum absolute atomic E-state index is 12.8. The van der Waals surface area contributed by atoms with E-state index in [9.17, 15) is 4.79 Å². The molecule has 0 spiro atoms. The molecule has 3 rings (SSSR count). The maximum atomic E-state index is 12.8. The molecule has 134 valence electrons. The average Bonchev–Trinajstić information content (AvgIpc) is 2.90. The van der Waals surface area contributed by atoms with Gasteiger partial charge in [-0.15, -0.1) is 0 Å². The first-order valence-electron chi connectivity index (χ1n) is 8.19. The molecule has 0 fully saturated rings. The summed E-state index contributed by atoms with van der Waals surface area (Å²) in [4.78, 5) is 14.4. The summed E-state index contributed by atoms with van der Waals surface area (Å²) in [7, 11) is 1.76. The van der Waals surface area contributed by atoms with Gasteiger partial charge in [0.15, 0.2) is 0 Å². The van der Waals surface area contributed by atoms with Crippen LogP contribution >= 0.6 is 23.2 Å². The first kappa shape index (κ1) is 18.5. The molecule has 4 nitrogen and oxygen atoms in total. The van der Waals surface area contributed by atoms with Crippen LogP contribution in [0.25, 0.3) is 5.69 Å². The highest BCUT2D eigenvalue weighted by Gasteiger charge is 2.20. The lowest BCUT2D eigenvalue weighted by atomic mass is 10.1. The van der Waals surface area contributed by atoms with Gasteiger partial charge in [0.05, 0.1) is 22.0 Å². The van der Waals surface area contributed by atoms with Crippen LogP contribution in [-0.4, -0.2) is 27.6 Å². The summed E-state index contributed by atoms with van der Waals surface area (Å²) in [5.41, 5.74) is 4.36. The standard InChI is InChI=1S/C20H19Cl2N3O/c1-13-18(14(2)25(23-13)16-7-5-4-6-8-16)12-24(3)20(26)17-10-9-15(21)11-19(17)22/h4-11H,12H2,1-3H3. The molecule has 0 aliphatic carbocycles. The molecule has 0 saturated carbocycles. The van der Waals surface area contributed by atoms with Crippen LogP contribution in [-0.2, 0) is 6.54 Å². The Kier molecular flexibility index (Phi) is 5.35. The van der Waals surface area contributed by atoms with Gasteiger partial charge in [0, 0.05) is 29.9 Å². The summed E-state index contributed by atoms with van der Waals surface area (Å²) in [5.74, 6) is -0.155. The van der Waals surface area contributed by atoms with Crippen molar-refractivity contribution in [2.75, 3.05) is 7.05 Å². The highest BCUT2D eigenvalue weighted by molar-refractivity contribution is 6.36. The Bertz CT molecular complexity index is 951. The normalized spacial score (nSPS) is 10.8. The molecule has 0 unspecified atom stereocenters. The fourth-order valence-electron chi connectivity index (χ4n) is 2.90. The van der Waals surface area contributed by atoms with E-state index in [2.05, 4.69) is 5.10 Å². The van der Waals surface area contributed by atoms with Crippen molar-refractivity contribution in [1.29, 1.82) is 0 Å². The molecule has 0 bridgehead atoms. The molecule has 26 heavy (non-hydrogen) atoms. The van der Waals surface area contributed by atoms with E-state index in [-0.39, 0.29) is 5.91 Å². The van der Waals surface area contributed by atoms with Crippen LogP contribution in [0.4, 0.5) is 0 Å². The predicted molar refractivity (Wildman–Crippen MR) is 105 cm³/mol. The Morgan fingerprint density at radius 2 is 1.81 bits per heavy atom. The number of benzene rings is 2. The maximum Gasteiger partial charge on any atom is 0.255 e. The monoisotopic (exact) mass is 387 g/mol. The van der Waals surface area contributed by atoms with Gasteiger partial charge in [-0.05, 0) is 44.2 Å². The van der Waals surface area contributed by atoms with E-state index >= 15 is 0 Å². The summed E-state index contributed by atoms with van der Waals surface area (Å²) < 4.78 is 1.90. The lowest BCUT2D eigenvalue weighted by Crippen LogP contribution is -2.27. The topological polar surface area (TPSA) is 38.1 Å². The van der Waals surface area contributed by atoms with E-state index < -0.39 is 0 Å². The molecule has 3 aromatic rings. The van der Waals surface area contributed by atoms with Crippen molar-refractivity contribution in [3.05, 3.63) is 81.1 Å². The lowest BCUT2D eigenvalue weighted by Gasteiger charge is -2.18. The second kappa shape index (κ2) is 7.52. The molecular weight excluding hydrogens is 369 g/mol. The molecule has 0 aliphatic heterocycles. The van der Waals surface area contributed by atoms with Crippen molar-refractivity contribution in [3.63, 3.8) is 0 Å². The van der Waals surface area contributed by atoms with Gasteiger partial charge in [0.25, 0.3) is 5.91 Å². The number of hydrogen-bond donors (Lipinski definition) is 0. The fraction of sp³-hybridized carbons (Fsp3) is 0.200. The summed E-state index contributed by atoms with van der Waals surface area (Å²) in [5, 5.41) is 5.48. The smallest absolute Gasteiger partial charge is 0.255 e. The third-order valence-electron chi connectivity index (χ3n) is 4.35. The Labute approximate surface area is 163 Å². The van der Waals surface area contributed by atoms with Gasteiger partial charge in [0.2, 0.25) is 0 Å². The van der Waals surface area contributed by atoms with Crippen LogP contribution in [0.5, 0.6) is 0 Å². The first-order valence-corrected chi connectivity index (χ1v) is 8.95. The van der Waals surface area contributed by atoms with Gasteiger partial charge < -0.3 is 4.90 Å². The number of aromatic nitrogens is 2. The number of para-hydroxylation sites is 1. The number of rotatable bonds is 4. The molecule has 1 aromatic heterocycles. The van der Waals surface area contributed by atoms with Crippen molar-refractivity contribution >= 4 is 29.1 Å². The molecule has 1 heterocycles. The van der Waals surface area contributed by atoms with Crippen LogP contribution in [0.1, 0.15) is 27.3 Å². The van der Waals surface area contributed by atoms with Crippen LogP contribution in [0.2, 0.25) is 10.0 Å². The first-order chi connectivity index (χ1) is 12.4. The van der Waals surface area contributed by atoms with E-state index in [1.54, 1.807) is 30.1 Å². The van der Waals surface area contributed by atoms with E-state index in [1.807, 2.05) is 48.9 Å². The zero-order valence-electron chi connectivity index (χ0n) is 14.8. The number of carbonyl (C=O) groups excluding carboxylic acids is 1. The number of halogens is 2. The van der Waals surface area contributed by atoms with Gasteiger partial charge in [-0.25, -0.2) is 4.68 Å². The van der Waals surface area contributed by atoms with Crippen LogP contribution in [0.3, 0.4) is 0 Å². The van der Waals surface area contributed by atoms with E-state index in [0.29, 0.717) is 22.2 Å². The Hall–Kier alpha value is -2.30. The molecule has 6 heteroatoms. The summed E-state index contributed by atoms with van der Waals surface area (Å²) >= 11 is 12.1. The van der Waals surface area contributed by atoms with Gasteiger partial charge >= 0.3 is 0 Å². The summed E-state index contributed by atoms with van der Waals surface area (Å²) in [6.07, 6.45) is 0. The zero-order chi connectivity index (χ0) is 18.8. The molecule has 1 amide bonds. The third kappa shape index (κ3) is 3.62. The van der Waals surface area contributed by atoms with E-state index in [4.69, 9.17) is 23.2 Å². The third-order valence-corrected chi connectivity index (χ3v) is 4.89. The minimum Gasteiger partial charge on any atom is -0.337 e. The predicted octanol–water partition coefficient (Wildman–Crippen LogP) is 5.07. The van der Waals surface area contributed by atoms with E-state index in [1.165, 1.54) is 0 Å². The highest BCUT2D eigenvalue weighted by Crippen LogP contribution is 2.24. The van der Waals surface area contributed by atoms with Crippen molar-refractivity contribution in [3.8, 4) is 5.69 Å². The van der Waals surface area contributed by atoms with Crippen molar-refractivity contribution in [1.82, 2.24) is 14.7 Å². The quantitative estimate of drug-likeness (QED) is 0.626. The van der Waals surface area contributed by atoms with Gasteiger partial charge in [0.1, 0.15) is 0 Å². The minimum absolute atomic E-state index is 0.155. The SMILES string of the molecule is Cc1nn(-c2ccccc2)c(C)c1CN(C)C(=O)c1ccc(Cl)cc1Cl. The largest absolute Gasteiger partial charge is 0.337 e. The average molecular weight is 388 g/mol. The van der Waals surface area contributed by atoms with E-state index in [0.717, 1.165) is 22.6 Å². The highest BCUT2D eigenvalue weighted by atomic mass is 35.5. The minimum atomic E-state index is -0.155. The lowest BCUT2D eigenvalue weighted by molar-refractivity contribution is 0.0785. The number of carbonyl (C=O) groups is 1. The molecule has 0 aliphatic rings. The molecule has 0 atom stereocenters. The van der Waals surface area contributed by atoms with Gasteiger partial charge in [-0.2, -0.15) is 5.10 Å². The zero-order valence-corrected chi connectivity index (χ0v) is 16.3. The van der Waals surface area contributed by atoms with Crippen LogP contribution in [0.15, 0.2) is 48.5 Å². The second-order valence-electron chi connectivity index (χ2n) is 6.18. The number of amides is 1. The number of nitrogens with zero attached hydrogens (tertiary/aromatic N) is 3. The van der Waals surface area contributed by atoms with Gasteiger partial charge in [-0.1, -0.05) is 41.4 Å².